The number of methoxy groups -OCH3 is 1. The van der Waals surface area contributed by atoms with Gasteiger partial charge in [-0.3, -0.25) is 0 Å². The van der Waals surface area contributed by atoms with Crippen molar-refractivity contribution in [3.05, 3.63) is 34.5 Å². The summed E-state index contributed by atoms with van der Waals surface area (Å²) in [6.07, 6.45) is 3.28. The van der Waals surface area contributed by atoms with Crippen molar-refractivity contribution in [1.82, 2.24) is 4.90 Å². The number of halogens is 1. The van der Waals surface area contributed by atoms with Gasteiger partial charge in [-0.15, -0.1) is 0 Å². The molecule has 2 aromatic rings. The van der Waals surface area contributed by atoms with Crippen LogP contribution in [0, 0.1) is 0 Å². The monoisotopic (exact) mass is 321 g/mol. The first-order chi connectivity index (χ1) is 9.17. The Morgan fingerprint density at radius 1 is 1.32 bits per heavy atom. The summed E-state index contributed by atoms with van der Waals surface area (Å²) in [6, 6.07) is 6.03. The minimum atomic E-state index is 0.837. The molecular weight excluding hydrogens is 306 g/mol. The fourth-order valence-electron chi connectivity index (χ4n) is 2.35. The maximum absolute atomic E-state index is 5.98. The van der Waals surface area contributed by atoms with E-state index in [1.807, 2.05) is 12.1 Å². The number of ether oxygens (including phenoxy) is 1. The topological polar surface area (TPSA) is 25.6 Å². The van der Waals surface area contributed by atoms with Gasteiger partial charge >= 0.3 is 0 Å². The van der Waals surface area contributed by atoms with Crippen LogP contribution in [0.5, 0.6) is 5.75 Å². The van der Waals surface area contributed by atoms with E-state index in [0.29, 0.717) is 0 Å². The number of rotatable bonds is 2. The molecule has 0 aliphatic carbocycles. The van der Waals surface area contributed by atoms with Crippen molar-refractivity contribution >= 4 is 32.5 Å². The molecule has 1 aliphatic heterocycles. The molecule has 0 N–H and O–H groups in total. The molecule has 0 bridgehead atoms. The molecule has 3 nitrogen and oxygen atoms in total. The highest BCUT2D eigenvalue weighted by molar-refractivity contribution is 9.10. The Bertz CT molecular complexity index is 645. The highest BCUT2D eigenvalue weighted by Gasteiger charge is 2.15. The van der Waals surface area contributed by atoms with Crippen LogP contribution < -0.4 is 4.74 Å². The van der Waals surface area contributed by atoms with Crippen LogP contribution in [0.2, 0.25) is 0 Å². The molecule has 19 heavy (non-hydrogen) atoms. The second kappa shape index (κ2) is 5.02. The Hall–Kier alpha value is -1.26. The zero-order chi connectivity index (χ0) is 13.4. The average Bonchev–Trinajstić information content (AvgIpc) is 2.84. The first-order valence-corrected chi connectivity index (χ1v) is 7.11. The highest BCUT2D eigenvalue weighted by Crippen LogP contribution is 2.35. The van der Waals surface area contributed by atoms with Gasteiger partial charge < -0.3 is 14.1 Å². The van der Waals surface area contributed by atoms with Crippen molar-refractivity contribution in [2.45, 2.75) is 6.42 Å². The van der Waals surface area contributed by atoms with E-state index >= 15 is 0 Å². The van der Waals surface area contributed by atoms with Crippen molar-refractivity contribution in [3.63, 3.8) is 0 Å². The van der Waals surface area contributed by atoms with Gasteiger partial charge in [0.25, 0.3) is 0 Å². The van der Waals surface area contributed by atoms with Crippen LogP contribution in [0.15, 0.2) is 33.2 Å². The van der Waals surface area contributed by atoms with Crippen LogP contribution in [-0.4, -0.2) is 32.1 Å². The second-order valence-corrected chi connectivity index (χ2v) is 5.73. The summed E-state index contributed by atoms with van der Waals surface area (Å²) in [5.41, 5.74) is 2.18. The van der Waals surface area contributed by atoms with E-state index in [1.54, 1.807) is 7.11 Å². The number of nitrogens with zero attached hydrogens (tertiary/aromatic N) is 1. The van der Waals surface area contributed by atoms with Crippen LogP contribution in [0.25, 0.3) is 16.5 Å². The first kappa shape index (κ1) is 12.8. The molecule has 1 aromatic heterocycles. The summed E-state index contributed by atoms with van der Waals surface area (Å²) in [6.45, 7) is 2.06. The molecule has 0 amide bonds. The Labute approximate surface area is 121 Å². The fourth-order valence-corrected chi connectivity index (χ4v) is 2.89. The van der Waals surface area contributed by atoms with E-state index in [9.17, 15) is 0 Å². The summed E-state index contributed by atoms with van der Waals surface area (Å²) in [4.78, 5) is 2.30. The molecule has 0 atom stereocenters. The van der Waals surface area contributed by atoms with E-state index in [1.165, 1.54) is 5.57 Å². The maximum atomic E-state index is 5.98. The number of hydrogen-bond acceptors (Lipinski definition) is 3. The van der Waals surface area contributed by atoms with E-state index < -0.39 is 0 Å². The molecule has 1 aromatic carbocycles. The third kappa shape index (κ3) is 2.42. The molecule has 0 saturated carbocycles. The van der Waals surface area contributed by atoms with Crippen molar-refractivity contribution in [2.24, 2.45) is 0 Å². The van der Waals surface area contributed by atoms with Crippen molar-refractivity contribution in [1.29, 1.82) is 0 Å². The summed E-state index contributed by atoms with van der Waals surface area (Å²) in [5.74, 6) is 1.81. The standard InChI is InChI=1S/C15H16BrNO2/c1-17-5-3-10(4-6-17)14-8-11-7-12(18-2)9-13(16)15(11)19-14/h3,7-9H,4-6H2,1-2H3. The highest BCUT2D eigenvalue weighted by atomic mass is 79.9. The van der Waals surface area contributed by atoms with Gasteiger partial charge in [-0.05, 0) is 53.2 Å². The summed E-state index contributed by atoms with van der Waals surface area (Å²) < 4.78 is 12.2. The van der Waals surface area contributed by atoms with Crippen LogP contribution in [0.1, 0.15) is 12.2 Å². The zero-order valence-corrected chi connectivity index (χ0v) is 12.7. The lowest BCUT2D eigenvalue weighted by Gasteiger charge is -2.20. The Kier molecular flexibility index (Phi) is 3.37. The minimum Gasteiger partial charge on any atom is -0.497 e. The second-order valence-electron chi connectivity index (χ2n) is 4.88. The molecule has 3 rings (SSSR count). The van der Waals surface area contributed by atoms with E-state index in [0.717, 1.165) is 46.5 Å². The molecule has 4 heteroatoms. The summed E-state index contributed by atoms with van der Waals surface area (Å²) >= 11 is 3.53. The van der Waals surface area contributed by atoms with Gasteiger partial charge in [0, 0.05) is 18.5 Å². The van der Waals surface area contributed by atoms with E-state index in [4.69, 9.17) is 9.15 Å². The quantitative estimate of drug-likeness (QED) is 0.838. The van der Waals surface area contributed by atoms with Gasteiger partial charge in [0.15, 0.2) is 0 Å². The molecule has 0 unspecified atom stereocenters. The lowest BCUT2D eigenvalue weighted by atomic mass is 10.1. The number of furan rings is 1. The lowest BCUT2D eigenvalue weighted by molar-refractivity contribution is 0.368. The van der Waals surface area contributed by atoms with E-state index in [2.05, 4.69) is 40.0 Å². The van der Waals surface area contributed by atoms with Crippen LogP contribution in [0.4, 0.5) is 0 Å². The van der Waals surface area contributed by atoms with Gasteiger partial charge in [0.2, 0.25) is 0 Å². The van der Waals surface area contributed by atoms with E-state index in [-0.39, 0.29) is 0 Å². The third-order valence-corrected chi connectivity index (χ3v) is 4.10. The number of hydrogen-bond donors (Lipinski definition) is 0. The molecular formula is C15H16BrNO2. The van der Waals surface area contributed by atoms with Crippen LogP contribution in [0.3, 0.4) is 0 Å². The third-order valence-electron chi connectivity index (χ3n) is 3.51. The molecule has 100 valence electrons. The van der Waals surface area contributed by atoms with Crippen LogP contribution >= 0.6 is 15.9 Å². The minimum absolute atomic E-state index is 0.837. The Balaban J connectivity index is 2.04. The van der Waals surface area contributed by atoms with Gasteiger partial charge in [-0.2, -0.15) is 0 Å². The predicted octanol–water partition coefficient (Wildman–Crippen LogP) is 3.92. The molecule has 1 aliphatic rings. The molecule has 2 heterocycles. The van der Waals surface area contributed by atoms with Gasteiger partial charge in [-0.25, -0.2) is 0 Å². The van der Waals surface area contributed by atoms with Gasteiger partial charge in [0.05, 0.1) is 11.6 Å². The smallest absolute Gasteiger partial charge is 0.149 e. The SMILES string of the molecule is COc1cc(Br)c2oc(C3=CCN(C)CC3)cc2c1. The van der Waals surface area contributed by atoms with Crippen molar-refractivity contribution in [3.8, 4) is 5.75 Å². The lowest BCUT2D eigenvalue weighted by Crippen LogP contribution is -2.23. The number of benzene rings is 1. The molecule has 0 saturated heterocycles. The van der Waals surface area contributed by atoms with Crippen LogP contribution in [-0.2, 0) is 0 Å². The normalized spacial score (nSPS) is 16.7. The predicted molar refractivity (Wildman–Crippen MR) is 80.6 cm³/mol. The zero-order valence-electron chi connectivity index (χ0n) is 11.1. The molecule has 0 fully saturated rings. The maximum Gasteiger partial charge on any atom is 0.149 e. The largest absolute Gasteiger partial charge is 0.497 e. The number of fused-ring (bicyclic) bond motifs is 1. The molecule has 0 spiro atoms. The first-order valence-electron chi connectivity index (χ1n) is 6.32. The Morgan fingerprint density at radius 2 is 2.16 bits per heavy atom. The van der Waals surface area contributed by atoms with Gasteiger partial charge in [-0.1, -0.05) is 6.08 Å². The molecule has 0 radical (unpaired) electrons. The average molecular weight is 322 g/mol. The van der Waals surface area contributed by atoms with Crippen molar-refractivity contribution < 1.29 is 9.15 Å². The van der Waals surface area contributed by atoms with Crippen molar-refractivity contribution in [2.75, 3.05) is 27.2 Å². The number of likely N-dealkylation sites (N-methyl/N-ethyl adjacent to an activating group) is 1. The summed E-state index contributed by atoms with van der Waals surface area (Å²) in [7, 11) is 3.81. The Morgan fingerprint density at radius 3 is 2.84 bits per heavy atom. The fraction of sp³-hybridized carbons (Fsp3) is 0.333. The summed E-state index contributed by atoms with van der Waals surface area (Å²) in [5, 5.41) is 1.07. The van der Waals surface area contributed by atoms with Gasteiger partial charge in [0.1, 0.15) is 17.1 Å².